The smallest absolute Gasteiger partial charge is 0.371 e. The van der Waals surface area contributed by atoms with Crippen LogP contribution in [0.2, 0.25) is 0 Å². The van der Waals surface area contributed by atoms with Crippen molar-refractivity contribution in [2.75, 3.05) is 0 Å². The first-order chi connectivity index (χ1) is 11.2. The number of rotatable bonds is 2. The predicted octanol–water partition coefficient (Wildman–Crippen LogP) is 3.91. The summed E-state index contributed by atoms with van der Waals surface area (Å²) in [6, 6.07) is 5.71. The van der Waals surface area contributed by atoms with Crippen LogP contribution in [0.1, 0.15) is 69.4 Å². The van der Waals surface area contributed by atoms with Crippen molar-refractivity contribution in [2.24, 2.45) is 21.9 Å². The molecule has 0 aromatic heterocycles. The topological polar surface area (TPSA) is 69.4 Å². The van der Waals surface area contributed by atoms with Gasteiger partial charge in [-0.15, -0.1) is 0 Å². The first kappa shape index (κ1) is 16.4. The Hall–Kier alpha value is -1.07. The molecular formula is C19H27NO3S. The van der Waals surface area contributed by atoms with Crippen LogP contribution in [-0.4, -0.2) is 8.42 Å². The first-order valence-electron chi connectivity index (χ1n) is 9.07. The zero-order valence-electron chi connectivity index (χ0n) is 14.5. The molecule has 2 fully saturated rings. The second-order valence-corrected chi connectivity index (χ2v) is 9.71. The second kappa shape index (κ2) is 5.21. The summed E-state index contributed by atoms with van der Waals surface area (Å²) in [5.41, 5.74) is 3.59. The number of hydrogen-bond donors (Lipinski definition) is 1. The van der Waals surface area contributed by atoms with Gasteiger partial charge in [0.15, 0.2) is 0 Å². The van der Waals surface area contributed by atoms with Crippen LogP contribution in [0.15, 0.2) is 18.2 Å². The monoisotopic (exact) mass is 349 g/mol. The van der Waals surface area contributed by atoms with Crippen molar-refractivity contribution in [1.82, 2.24) is 0 Å². The molecule has 2 saturated carbocycles. The van der Waals surface area contributed by atoms with Crippen LogP contribution in [-0.2, 0) is 16.7 Å². The summed E-state index contributed by atoms with van der Waals surface area (Å²) >= 11 is 0. The first-order valence-corrected chi connectivity index (χ1v) is 10.5. The van der Waals surface area contributed by atoms with Crippen LogP contribution in [0.3, 0.4) is 0 Å². The molecule has 0 radical (unpaired) electrons. The highest BCUT2D eigenvalue weighted by molar-refractivity contribution is 7.84. The third kappa shape index (κ3) is 2.39. The Morgan fingerprint density at radius 1 is 1.17 bits per heavy atom. The van der Waals surface area contributed by atoms with Gasteiger partial charge in [-0.3, -0.25) is 0 Å². The minimum Gasteiger partial charge on any atom is -0.371 e. The minimum absolute atomic E-state index is 0.336. The van der Waals surface area contributed by atoms with Crippen LogP contribution in [0.25, 0.3) is 0 Å². The quantitative estimate of drug-likeness (QED) is 0.880. The molecule has 4 rings (SSSR count). The van der Waals surface area contributed by atoms with Gasteiger partial charge in [0.1, 0.15) is 5.75 Å². The maximum Gasteiger partial charge on any atom is 0.380 e. The average molecular weight is 349 g/mol. The molecule has 5 heteroatoms. The Morgan fingerprint density at radius 2 is 1.96 bits per heavy atom. The van der Waals surface area contributed by atoms with Crippen molar-refractivity contribution in [3.63, 3.8) is 0 Å². The van der Waals surface area contributed by atoms with Crippen LogP contribution in [0.4, 0.5) is 0 Å². The van der Waals surface area contributed by atoms with Crippen molar-refractivity contribution < 1.29 is 12.6 Å². The summed E-state index contributed by atoms with van der Waals surface area (Å²) in [4.78, 5) is 0. The van der Waals surface area contributed by atoms with Crippen molar-refractivity contribution in [2.45, 2.75) is 64.7 Å². The van der Waals surface area contributed by atoms with Crippen molar-refractivity contribution >= 4 is 10.3 Å². The molecule has 1 aromatic rings. The van der Waals surface area contributed by atoms with Gasteiger partial charge in [-0.2, -0.15) is 13.6 Å². The van der Waals surface area contributed by atoms with Crippen LogP contribution < -0.4 is 9.32 Å². The molecule has 0 heterocycles. The van der Waals surface area contributed by atoms with Crippen molar-refractivity contribution in [3.8, 4) is 5.75 Å². The fraction of sp³-hybridized carbons (Fsp3) is 0.684. The van der Waals surface area contributed by atoms with E-state index in [4.69, 9.17) is 9.32 Å². The summed E-state index contributed by atoms with van der Waals surface area (Å²) in [6.07, 6.45) is 8.85. The van der Waals surface area contributed by atoms with Gasteiger partial charge in [0.25, 0.3) is 0 Å². The highest BCUT2D eigenvalue weighted by Crippen LogP contribution is 2.67. The van der Waals surface area contributed by atoms with Gasteiger partial charge in [0, 0.05) is 0 Å². The Labute approximate surface area is 145 Å². The molecule has 0 aliphatic heterocycles. The number of aryl methyl sites for hydroxylation is 1. The van der Waals surface area contributed by atoms with Gasteiger partial charge in [0.05, 0.1) is 0 Å². The van der Waals surface area contributed by atoms with Crippen LogP contribution in [0, 0.1) is 16.7 Å². The fourth-order valence-corrected chi connectivity index (χ4v) is 6.52. The molecule has 0 spiro atoms. The SMILES string of the molecule is CC12CCCC1(C)C1CCc3cc(OS(N)(=O)=O)ccc3C1CC2. The lowest BCUT2D eigenvalue weighted by atomic mass is 9.48. The molecule has 2 N–H and O–H groups in total. The average Bonchev–Trinajstić information content (AvgIpc) is 2.81. The van der Waals surface area contributed by atoms with Crippen molar-refractivity contribution in [1.29, 1.82) is 0 Å². The summed E-state index contributed by atoms with van der Waals surface area (Å²) in [7, 11) is -3.96. The van der Waals surface area contributed by atoms with Gasteiger partial charge in [-0.1, -0.05) is 26.3 Å². The van der Waals surface area contributed by atoms with E-state index >= 15 is 0 Å². The van der Waals surface area contributed by atoms with Crippen molar-refractivity contribution in [3.05, 3.63) is 29.3 Å². The highest BCUT2D eigenvalue weighted by Gasteiger charge is 2.57. The van der Waals surface area contributed by atoms with Gasteiger partial charge >= 0.3 is 10.3 Å². The minimum atomic E-state index is -3.96. The lowest BCUT2D eigenvalue weighted by molar-refractivity contribution is -0.0313. The predicted molar refractivity (Wildman–Crippen MR) is 94.0 cm³/mol. The molecule has 0 bridgehead atoms. The molecule has 4 unspecified atom stereocenters. The molecule has 4 nitrogen and oxygen atoms in total. The normalized spacial score (nSPS) is 38.1. The van der Waals surface area contributed by atoms with Gasteiger partial charge < -0.3 is 4.18 Å². The molecule has 1 aromatic carbocycles. The van der Waals surface area contributed by atoms with E-state index in [2.05, 4.69) is 19.9 Å². The van der Waals surface area contributed by atoms with E-state index in [1.165, 1.54) is 49.7 Å². The Kier molecular flexibility index (Phi) is 3.56. The molecule has 3 aliphatic carbocycles. The number of nitrogens with two attached hydrogens (primary N) is 1. The summed E-state index contributed by atoms with van der Waals surface area (Å²) in [6.45, 7) is 5.04. The highest BCUT2D eigenvalue weighted by atomic mass is 32.2. The van der Waals surface area contributed by atoms with Crippen LogP contribution >= 0.6 is 0 Å². The van der Waals surface area contributed by atoms with Gasteiger partial charge in [-0.05, 0) is 84.5 Å². The summed E-state index contributed by atoms with van der Waals surface area (Å²) in [5, 5.41) is 4.99. The standard InChI is InChI=1S/C19H27NO3S/c1-18-9-3-10-19(18,2)17-7-4-13-12-14(23-24(20,21)22)5-6-15(13)16(17)8-11-18/h5-6,12,16-17H,3-4,7-11H2,1-2H3,(H2,20,21,22). The van der Waals surface area contributed by atoms with E-state index in [-0.39, 0.29) is 0 Å². The third-order valence-electron chi connectivity index (χ3n) is 7.57. The Morgan fingerprint density at radius 3 is 2.71 bits per heavy atom. The molecular weight excluding hydrogens is 322 g/mol. The zero-order valence-corrected chi connectivity index (χ0v) is 15.4. The van der Waals surface area contributed by atoms with Gasteiger partial charge in [-0.25, -0.2) is 0 Å². The third-order valence-corrected chi connectivity index (χ3v) is 7.99. The number of fused-ring (bicyclic) bond motifs is 5. The lowest BCUT2D eigenvalue weighted by Crippen LogP contribution is -2.47. The van der Waals surface area contributed by atoms with E-state index in [1.807, 2.05) is 6.07 Å². The number of hydrogen-bond acceptors (Lipinski definition) is 3. The molecule has 0 amide bonds. The van der Waals surface area contributed by atoms with Crippen LogP contribution in [0.5, 0.6) is 5.75 Å². The van der Waals surface area contributed by atoms with Gasteiger partial charge in [0.2, 0.25) is 0 Å². The second-order valence-electron chi connectivity index (χ2n) is 8.56. The largest absolute Gasteiger partial charge is 0.380 e. The summed E-state index contributed by atoms with van der Waals surface area (Å²) < 4.78 is 27.2. The van der Waals surface area contributed by atoms with E-state index in [0.29, 0.717) is 22.5 Å². The van der Waals surface area contributed by atoms with E-state index in [1.54, 1.807) is 6.07 Å². The Balaban J connectivity index is 1.68. The fourth-order valence-electron chi connectivity index (χ4n) is 6.15. The van der Waals surface area contributed by atoms with E-state index in [0.717, 1.165) is 12.3 Å². The lowest BCUT2D eigenvalue weighted by Gasteiger charge is -2.56. The summed E-state index contributed by atoms with van der Waals surface area (Å²) in [5.74, 6) is 1.69. The van der Waals surface area contributed by atoms with E-state index < -0.39 is 10.3 Å². The molecule has 3 aliphatic rings. The molecule has 24 heavy (non-hydrogen) atoms. The molecule has 132 valence electrons. The van der Waals surface area contributed by atoms with E-state index in [9.17, 15) is 8.42 Å². The maximum atomic E-state index is 11.2. The molecule has 4 atom stereocenters. The maximum absolute atomic E-state index is 11.2. The Bertz CT molecular complexity index is 775. The molecule has 0 saturated heterocycles. The number of benzene rings is 1. The zero-order chi connectivity index (χ0) is 17.2.